The van der Waals surface area contributed by atoms with Crippen molar-refractivity contribution in [3.8, 4) is 0 Å². The van der Waals surface area contributed by atoms with Gasteiger partial charge in [0.25, 0.3) is 11.4 Å². The Hall–Kier alpha value is -2.80. The van der Waals surface area contributed by atoms with Gasteiger partial charge in [-0.25, -0.2) is 0 Å². The molecular weight excluding hydrogens is 298 g/mol. The van der Waals surface area contributed by atoms with E-state index in [0.717, 1.165) is 0 Å². The van der Waals surface area contributed by atoms with E-state index < -0.39 is 9.85 Å². The van der Waals surface area contributed by atoms with E-state index in [9.17, 15) is 20.2 Å². The van der Waals surface area contributed by atoms with E-state index in [-0.39, 0.29) is 16.4 Å². The summed E-state index contributed by atoms with van der Waals surface area (Å²) in [5, 5.41) is 21.5. The van der Waals surface area contributed by atoms with E-state index in [1.165, 1.54) is 36.5 Å². The van der Waals surface area contributed by atoms with Crippen molar-refractivity contribution in [1.29, 1.82) is 0 Å². The molecule has 0 heterocycles. The highest BCUT2D eigenvalue weighted by molar-refractivity contribution is 6.32. The van der Waals surface area contributed by atoms with Gasteiger partial charge in [-0.05, 0) is 17.7 Å². The smallest absolute Gasteiger partial charge is 0.258 e. The van der Waals surface area contributed by atoms with Gasteiger partial charge in [0.05, 0.1) is 15.5 Å². The Bertz CT molecular complexity index is 746. The van der Waals surface area contributed by atoms with Crippen LogP contribution in [0.15, 0.2) is 47.5 Å². The summed E-state index contributed by atoms with van der Waals surface area (Å²) in [6.07, 6.45) is 1.38. The second-order valence-corrected chi connectivity index (χ2v) is 4.41. The van der Waals surface area contributed by atoms with Crippen molar-refractivity contribution in [2.24, 2.45) is 4.99 Å². The van der Waals surface area contributed by atoms with Crippen LogP contribution in [0.5, 0.6) is 0 Å². The van der Waals surface area contributed by atoms with Gasteiger partial charge in [-0.2, -0.15) is 0 Å². The van der Waals surface area contributed by atoms with Crippen LogP contribution in [-0.4, -0.2) is 16.1 Å². The number of rotatable bonds is 4. The minimum Gasteiger partial charge on any atom is -0.258 e. The summed E-state index contributed by atoms with van der Waals surface area (Å²) >= 11 is 5.70. The minimum absolute atomic E-state index is 0.0347. The number of hydrogen-bond acceptors (Lipinski definition) is 5. The number of hydrogen-bond donors (Lipinski definition) is 0. The van der Waals surface area contributed by atoms with E-state index >= 15 is 0 Å². The lowest BCUT2D eigenvalue weighted by Crippen LogP contribution is -1.91. The molecule has 0 aromatic heterocycles. The van der Waals surface area contributed by atoms with Crippen molar-refractivity contribution in [3.63, 3.8) is 0 Å². The number of aliphatic imine (C=N–C) groups is 1. The molecule has 0 unspecified atom stereocenters. The average molecular weight is 306 g/mol. The lowest BCUT2D eigenvalue weighted by Gasteiger charge is -1.97. The van der Waals surface area contributed by atoms with Crippen molar-refractivity contribution in [2.75, 3.05) is 0 Å². The summed E-state index contributed by atoms with van der Waals surface area (Å²) in [6, 6.07) is 10.0. The van der Waals surface area contributed by atoms with Gasteiger partial charge in [0, 0.05) is 24.4 Å². The Morgan fingerprint density at radius 1 is 1.05 bits per heavy atom. The zero-order chi connectivity index (χ0) is 15.4. The quantitative estimate of drug-likeness (QED) is 0.485. The first kappa shape index (κ1) is 14.6. The lowest BCUT2D eigenvalue weighted by atomic mass is 10.2. The monoisotopic (exact) mass is 305 g/mol. The van der Waals surface area contributed by atoms with Crippen LogP contribution in [0.3, 0.4) is 0 Å². The zero-order valence-corrected chi connectivity index (χ0v) is 11.2. The Kier molecular flexibility index (Phi) is 4.24. The number of nitro benzene ring substituents is 2. The Balaban J connectivity index is 2.29. The second kappa shape index (κ2) is 6.10. The maximum atomic E-state index is 10.8. The van der Waals surface area contributed by atoms with Crippen molar-refractivity contribution in [3.05, 3.63) is 73.3 Å². The van der Waals surface area contributed by atoms with Gasteiger partial charge in [0.15, 0.2) is 0 Å². The molecular formula is C13H8ClN3O4. The summed E-state index contributed by atoms with van der Waals surface area (Å²) in [6.45, 7) is 0. The maximum Gasteiger partial charge on any atom is 0.288 e. The molecule has 0 aliphatic rings. The van der Waals surface area contributed by atoms with Crippen LogP contribution in [-0.2, 0) is 0 Å². The molecule has 106 valence electrons. The fraction of sp³-hybridized carbons (Fsp3) is 0. The topological polar surface area (TPSA) is 98.6 Å². The molecule has 0 amide bonds. The molecule has 0 fully saturated rings. The first-order chi connectivity index (χ1) is 9.97. The third-order valence-electron chi connectivity index (χ3n) is 2.57. The molecule has 8 heteroatoms. The number of nitrogens with zero attached hydrogens (tertiary/aromatic N) is 3. The van der Waals surface area contributed by atoms with Gasteiger partial charge in [-0.3, -0.25) is 25.2 Å². The van der Waals surface area contributed by atoms with E-state index in [1.807, 2.05) is 0 Å². The summed E-state index contributed by atoms with van der Waals surface area (Å²) < 4.78 is 0. The third kappa shape index (κ3) is 3.61. The highest BCUT2D eigenvalue weighted by Crippen LogP contribution is 2.25. The zero-order valence-electron chi connectivity index (χ0n) is 10.5. The number of benzene rings is 2. The molecule has 0 saturated heterocycles. The number of non-ortho nitro benzene ring substituents is 1. The first-order valence-electron chi connectivity index (χ1n) is 5.70. The standard InChI is InChI=1S/C13H8ClN3O4/c14-12-5-4-9(6-13(12)17(20)21)8-15-10-2-1-3-11(7-10)16(18)19/h1-8H. The second-order valence-electron chi connectivity index (χ2n) is 4.00. The van der Waals surface area contributed by atoms with Crippen LogP contribution in [0.4, 0.5) is 17.1 Å². The fourth-order valence-corrected chi connectivity index (χ4v) is 1.77. The van der Waals surface area contributed by atoms with E-state index in [0.29, 0.717) is 11.3 Å². The highest BCUT2D eigenvalue weighted by atomic mass is 35.5. The average Bonchev–Trinajstić information content (AvgIpc) is 2.46. The number of halogens is 1. The van der Waals surface area contributed by atoms with E-state index in [1.54, 1.807) is 12.1 Å². The van der Waals surface area contributed by atoms with Gasteiger partial charge in [0.2, 0.25) is 0 Å². The molecule has 21 heavy (non-hydrogen) atoms. The van der Waals surface area contributed by atoms with Crippen molar-refractivity contribution in [1.82, 2.24) is 0 Å². The van der Waals surface area contributed by atoms with Gasteiger partial charge in [-0.1, -0.05) is 23.7 Å². The molecule has 0 aliphatic carbocycles. The summed E-state index contributed by atoms with van der Waals surface area (Å²) in [7, 11) is 0. The normalized spacial score (nSPS) is 10.7. The Morgan fingerprint density at radius 3 is 2.48 bits per heavy atom. The third-order valence-corrected chi connectivity index (χ3v) is 2.89. The van der Waals surface area contributed by atoms with Crippen molar-refractivity contribution in [2.45, 2.75) is 0 Å². The Labute approximate surface area is 123 Å². The highest BCUT2D eigenvalue weighted by Gasteiger charge is 2.11. The van der Waals surface area contributed by atoms with Crippen LogP contribution in [0.1, 0.15) is 5.56 Å². The molecule has 0 radical (unpaired) electrons. The van der Waals surface area contributed by atoms with Crippen molar-refractivity contribution < 1.29 is 9.85 Å². The lowest BCUT2D eigenvalue weighted by molar-refractivity contribution is -0.384. The van der Waals surface area contributed by atoms with Crippen LogP contribution < -0.4 is 0 Å². The molecule has 0 N–H and O–H groups in total. The Morgan fingerprint density at radius 2 is 1.81 bits per heavy atom. The summed E-state index contributed by atoms with van der Waals surface area (Å²) in [5.74, 6) is 0. The molecule has 2 rings (SSSR count). The van der Waals surface area contributed by atoms with Gasteiger partial charge >= 0.3 is 0 Å². The first-order valence-corrected chi connectivity index (χ1v) is 6.07. The van der Waals surface area contributed by atoms with Gasteiger partial charge in [-0.15, -0.1) is 0 Å². The minimum atomic E-state index is -0.590. The molecule has 0 aliphatic heterocycles. The predicted octanol–water partition coefficient (Wildman–Crippen LogP) is 3.91. The molecule has 7 nitrogen and oxygen atoms in total. The molecule has 0 bridgehead atoms. The van der Waals surface area contributed by atoms with Crippen LogP contribution in [0, 0.1) is 20.2 Å². The van der Waals surface area contributed by atoms with Crippen LogP contribution >= 0.6 is 11.6 Å². The molecule has 2 aromatic rings. The molecule has 0 saturated carbocycles. The largest absolute Gasteiger partial charge is 0.288 e. The SMILES string of the molecule is O=[N+]([O-])c1cccc(N=Cc2ccc(Cl)c([N+](=O)[O-])c2)c1. The summed E-state index contributed by atoms with van der Waals surface area (Å²) in [4.78, 5) is 24.4. The van der Waals surface area contributed by atoms with Crippen molar-refractivity contribution >= 4 is 34.9 Å². The number of nitro groups is 2. The van der Waals surface area contributed by atoms with Gasteiger partial charge < -0.3 is 0 Å². The van der Waals surface area contributed by atoms with Crippen LogP contribution in [0.25, 0.3) is 0 Å². The van der Waals surface area contributed by atoms with Gasteiger partial charge in [0.1, 0.15) is 5.02 Å². The molecule has 2 aromatic carbocycles. The molecule has 0 atom stereocenters. The fourth-order valence-electron chi connectivity index (χ4n) is 1.59. The maximum absolute atomic E-state index is 10.8. The van der Waals surface area contributed by atoms with E-state index in [4.69, 9.17) is 11.6 Å². The summed E-state index contributed by atoms with van der Waals surface area (Å²) in [5.41, 5.74) is 0.547. The van der Waals surface area contributed by atoms with E-state index in [2.05, 4.69) is 4.99 Å². The predicted molar refractivity (Wildman–Crippen MR) is 78.5 cm³/mol. The van der Waals surface area contributed by atoms with Crippen LogP contribution in [0.2, 0.25) is 5.02 Å². The molecule has 0 spiro atoms.